The van der Waals surface area contributed by atoms with E-state index in [2.05, 4.69) is 13.7 Å². The predicted octanol–water partition coefficient (Wildman–Crippen LogP) is 4.57. The molecule has 1 fully saturated rings. The third-order valence-corrected chi connectivity index (χ3v) is 4.79. The normalized spacial score (nSPS) is 17.8. The molecule has 20 heavy (non-hydrogen) atoms. The van der Waals surface area contributed by atoms with Crippen molar-refractivity contribution < 1.29 is 0 Å². The highest BCUT2D eigenvalue weighted by atomic mass is 35.5. The molecule has 1 aliphatic rings. The SMILES string of the molecule is NC(=Nc1c(Cl)cc(Cl)c2nsnc12)C1CCCCC1. The Bertz CT molecular complexity index is 662. The van der Waals surface area contributed by atoms with E-state index in [1.54, 1.807) is 6.07 Å². The van der Waals surface area contributed by atoms with E-state index < -0.39 is 0 Å². The van der Waals surface area contributed by atoms with Crippen LogP contribution in [0.15, 0.2) is 11.1 Å². The van der Waals surface area contributed by atoms with E-state index >= 15 is 0 Å². The molecule has 1 heterocycles. The number of benzene rings is 1. The Morgan fingerprint density at radius 1 is 1.15 bits per heavy atom. The van der Waals surface area contributed by atoms with Crippen LogP contribution in [0.1, 0.15) is 32.1 Å². The van der Waals surface area contributed by atoms with Gasteiger partial charge >= 0.3 is 0 Å². The first-order valence-corrected chi connectivity index (χ1v) is 8.09. The first-order valence-electron chi connectivity index (χ1n) is 6.61. The topological polar surface area (TPSA) is 64.2 Å². The van der Waals surface area contributed by atoms with Gasteiger partial charge in [-0.25, -0.2) is 4.99 Å². The Hall–Kier alpha value is -0.910. The molecule has 0 saturated heterocycles. The lowest BCUT2D eigenvalue weighted by Gasteiger charge is -2.20. The van der Waals surface area contributed by atoms with Crippen LogP contribution >= 0.6 is 34.9 Å². The first-order chi connectivity index (χ1) is 9.66. The number of aromatic nitrogens is 2. The second-order valence-electron chi connectivity index (χ2n) is 5.02. The summed E-state index contributed by atoms with van der Waals surface area (Å²) >= 11 is 13.4. The van der Waals surface area contributed by atoms with Crippen LogP contribution in [0.4, 0.5) is 5.69 Å². The molecule has 1 aromatic heterocycles. The molecule has 1 saturated carbocycles. The average molecular weight is 329 g/mol. The molecule has 0 bridgehead atoms. The maximum Gasteiger partial charge on any atom is 0.133 e. The van der Waals surface area contributed by atoms with E-state index in [1.807, 2.05) is 0 Å². The Kier molecular flexibility index (Phi) is 4.10. The maximum absolute atomic E-state index is 6.24. The Labute approximate surface area is 131 Å². The molecule has 106 valence electrons. The van der Waals surface area contributed by atoms with Gasteiger partial charge in [0.15, 0.2) is 0 Å². The van der Waals surface area contributed by atoms with Crippen LogP contribution in [0.3, 0.4) is 0 Å². The zero-order chi connectivity index (χ0) is 14.1. The predicted molar refractivity (Wildman–Crippen MR) is 85.3 cm³/mol. The number of fused-ring (bicyclic) bond motifs is 1. The highest BCUT2D eigenvalue weighted by Gasteiger charge is 2.19. The largest absolute Gasteiger partial charge is 0.387 e. The van der Waals surface area contributed by atoms with Crippen LogP contribution in [-0.2, 0) is 0 Å². The number of hydrogen-bond acceptors (Lipinski definition) is 4. The molecule has 1 aromatic carbocycles. The maximum atomic E-state index is 6.24. The van der Waals surface area contributed by atoms with E-state index in [9.17, 15) is 0 Å². The summed E-state index contributed by atoms with van der Waals surface area (Å²) < 4.78 is 8.41. The van der Waals surface area contributed by atoms with Crippen molar-refractivity contribution in [2.75, 3.05) is 0 Å². The third-order valence-electron chi connectivity index (χ3n) is 3.68. The Morgan fingerprint density at radius 2 is 1.85 bits per heavy atom. The minimum absolute atomic E-state index is 0.345. The van der Waals surface area contributed by atoms with Crippen molar-refractivity contribution in [1.82, 2.24) is 8.75 Å². The van der Waals surface area contributed by atoms with Gasteiger partial charge in [-0.1, -0.05) is 42.5 Å². The van der Waals surface area contributed by atoms with Crippen molar-refractivity contribution >= 4 is 57.5 Å². The van der Waals surface area contributed by atoms with E-state index in [0.29, 0.717) is 38.5 Å². The van der Waals surface area contributed by atoms with E-state index in [4.69, 9.17) is 28.9 Å². The number of nitrogens with zero attached hydrogens (tertiary/aromatic N) is 3. The van der Waals surface area contributed by atoms with Crippen molar-refractivity contribution in [1.29, 1.82) is 0 Å². The lowest BCUT2D eigenvalue weighted by atomic mass is 9.88. The molecule has 0 atom stereocenters. The number of nitrogens with two attached hydrogens (primary N) is 1. The van der Waals surface area contributed by atoms with Gasteiger partial charge in [0.05, 0.1) is 21.8 Å². The van der Waals surface area contributed by atoms with E-state index in [-0.39, 0.29) is 0 Å². The molecule has 2 aromatic rings. The molecule has 0 aliphatic heterocycles. The van der Waals surface area contributed by atoms with Gasteiger partial charge in [0.1, 0.15) is 22.6 Å². The van der Waals surface area contributed by atoms with Gasteiger partial charge in [0, 0.05) is 5.92 Å². The minimum atomic E-state index is 0.345. The monoisotopic (exact) mass is 328 g/mol. The lowest BCUT2D eigenvalue weighted by Crippen LogP contribution is -2.25. The number of rotatable bonds is 2. The quantitative estimate of drug-likeness (QED) is 0.648. The fourth-order valence-corrected chi connectivity index (χ4v) is 3.74. The summed E-state index contributed by atoms with van der Waals surface area (Å²) in [6.07, 6.45) is 5.90. The fraction of sp³-hybridized carbons (Fsp3) is 0.462. The molecular weight excluding hydrogens is 315 g/mol. The molecule has 7 heteroatoms. The third kappa shape index (κ3) is 2.62. The summed E-state index contributed by atoms with van der Waals surface area (Å²) in [5.74, 6) is 0.986. The summed E-state index contributed by atoms with van der Waals surface area (Å²) in [5, 5.41) is 0.961. The molecular formula is C13H14Cl2N4S. The second kappa shape index (κ2) is 5.84. The van der Waals surface area contributed by atoms with Gasteiger partial charge in [0.25, 0.3) is 0 Å². The van der Waals surface area contributed by atoms with Crippen molar-refractivity contribution in [3.05, 3.63) is 16.1 Å². The van der Waals surface area contributed by atoms with Crippen molar-refractivity contribution in [3.63, 3.8) is 0 Å². The van der Waals surface area contributed by atoms with Crippen molar-refractivity contribution in [3.8, 4) is 0 Å². The summed E-state index contributed by atoms with van der Waals surface area (Å²) in [7, 11) is 0. The number of aliphatic imine (C=N–C) groups is 1. The molecule has 4 nitrogen and oxygen atoms in total. The highest BCUT2D eigenvalue weighted by molar-refractivity contribution is 7.00. The average Bonchev–Trinajstić information content (AvgIpc) is 2.94. The number of amidine groups is 1. The minimum Gasteiger partial charge on any atom is -0.387 e. The van der Waals surface area contributed by atoms with Crippen molar-refractivity contribution in [2.45, 2.75) is 32.1 Å². The Balaban J connectivity index is 2.03. The summed E-state index contributed by atoms with van der Waals surface area (Å²) in [6, 6.07) is 1.65. The zero-order valence-electron chi connectivity index (χ0n) is 10.8. The number of halogens is 2. The smallest absolute Gasteiger partial charge is 0.133 e. The molecule has 2 N–H and O–H groups in total. The van der Waals surface area contributed by atoms with Gasteiger partial charge in [-0.3, -0.25) is 0 Å². The first kappa shape index (κ1) is 14.0. The van der Waals surface area contributed by atoms with Crippen LogP contribution in [0.5, 0.6) is 0 Å². The van der Waals surface area contributed by atoms with Gasteiger partial charge < -0.3 is 5.73 Å². The van der Waals surface area contributed by atoms with Crippen LogP contribution in [0.25, 0.3) is 11.0 Å². The van der Waals surface area contributed by atoms with Crippen LogP contribution in [0.2, 0.25) is 10.0 Å². The van der Waals surface area contributed by atoms with E-state index in [1.165, 1.54) is 19.3 Å². The number of hydrogen-bond donors (Lipinski definition) is 1. The fourth-order valence-electron chi connectivity index (χ4n) is 2.59. The van der Waals surface area contributed by atoms with E-state index in [0.717, 1.165) is 24.6 Å². The van der Waals surface area contributed by atoms with Crippen molar-refractivity contribution in [2.24, 2.45) is 16.6 Å². The molecule has 3 rings (SSSR count). The summed E-state index contributed by atoms with van der Waals surface area (Å²) in [4.78, 5) is 4.53. The molecule has 0 amide bonds. The second-order valence-corrected chi connectivity index (χ2v) is 6.36. The molecule has 0 radical (unpaired) electrons. The van der Waals surface area contributed by atoms with Gasteiger partial charge in [-0.15, -0.1) is 0 Å². The zero-order valence-corrected chi connectivity index (χ0v) is 13.1. The van der Waals surface area contributed by atoms with Gasteiger partial charge in [-0.2, -0.15) is 8.75 Å². The molecule has 1 aliphatic carbocycles. The lowest BCUT2D eigenvalue weighted by molar-refractivity contribution is 0.437. The summed E-state index contributed by atoms with van der Waals surface area (Å²) in [6.45, 7) is 0. The van der Waals surface area contributed by atoms with Crippen LogP contribution in [-0.4, -0.2) is 14.6 Å². The highest BCUT2D eigenvalue weighted by Crippen LogP contribution is 2.37. The van der Waals surface area contributed by atoms with Gasteiger partial charge in [0.2, 0.25) is 0 Å². The molecule has 0 unspecified atom stereocenters. The standard InChI is InChI=1S/C13H14Cl2N4S/c14-8-6-9(15)11-12(19-20-18-11)10(8)17-13(16)7-4-2-1-3-5-7/h6-7H,1-5H2,(H2,16,17). The Morgan fingerprint density at radius 3 is 2.60 bits per heavy atom. The van der Waals surface area contributed by atoms with Crippen LogP contribution < -0.4 is 5.73 Å². The van der Waals surface area contributed by atoms with Crippen LogP contribution in [0, 0.1) is 5.92 Å². The van der Waals surface area contributed by atoms with Gasteiger partial charge in [-0.05, 0) is 18.9 Å². The summed E-state index contributed by atoms with van der Waals surface area (Å²) in [5.41, 5.74) is 8.01. The molecule has 0 spiro atoms.